The first kappa shape index (κ1) is 23.9. The number of carbonyl (C=O) groups excluding carboxylic acids is 2. The van der Waals surface area contributed by atoms with E-state index in [1.54, 1.807) is 0 Å². The Bertz CT molecular complexity index is 849. The van der Waals surface area contributed by atoms with Gasteiger partial charge in [-0.05, 0) is 23.5 Å². The van der Waals surface area contributed by atoms with Gasteiger partial charge in [-0.2, -0.15) is 5.26 Å². The molecule has 0 radical (unpaired) electrons. The molecule has 164 valence electrons. The second-order valence-corrected chi connectivity index (χ2v) is 7.45. The number of hydrogen-bond donors (Lipinski definition) is 1. The van der Waals surface area contributed by atoms with Gasteiger partial charge in [-0.25, -0.2) is 4.79 Å². The average molecular weight is 424 g/mol. The fraction of sp³-hybridized carbons (Fsp3) is 0.375. The van der Waals surface area contributed by atoms with Gasteiger partial charge >= 0.3 is 6.16 Å². The van der Waals surface area contributed by atoms with Gasteiger partial charge in [0.25, 0.3) is 5.91 Å². The molecule has 0 aliphatic carbocycles. The summed E-state index contributed by atoms with van der Waals surface area (Å²) < 4.78 is 15.9. The second kappa shape index (κ2) is 13.0. The summed E-state index contributed by atoms with van der Waals surface area (Å²) in [6.45, 7) is 4.20. The van der Waals surface area contributed by atoms with Crippen LogP contribution >= 0.6 is 0 Å². The van der Waals surface area contributed by atoms with E-state index >= 15 is 0 Å². The summed E-state index contributed by atoms with van der Waals surface area (Å²) >= 11 is 0. The number of hydrogen-bond acceptors (Lipinski definition) is 6. The lowest BCUT2D eigenvalue weighted by molar-refractivity contribution is -0.132. The first-order valence-electron chi connectivity index (χ1n) is 10.2. The molecule has 0 aliphatic rings. The van der Waals surface area contributed by atoms with E-state index in [-0.39, 0.29) is 19.1 Å². The van der Waals surface area contributed by atoms with Crippen LogP contribution in [0.5, 0.6) is 0 Å². The summed E-state index contributed by atoms with van der Waals surface area (Å²) in [6.07, 6.45) is -1.69. The van der Waals surface area contributed by atoms with Crippen molar-refractivity contribution in [3.8, 4) is 6.07 Å². The van der Waals surface area contributed by atoms with Crippen LogP contribution in [0.3, 0.4) is 0 Å². The molecule has 7 nitrogen and oxygen atoms in total. The number of rotatable bonds is 11. The zero-order valence-electron chi connectivity index (χ0n) is 17.8. The van der Waals surface area contributed by atoms with Crippen LogP contribution in [0.2, 0.25) is 0 Å². The van der Waals surface area contributed by atoms with Crippen LogP contribution in [0.25, 0.3) is 0 Å². The van der Waals surface area contributed by atoms with Crippen LogP contribution in [0.4, 0.5) is 4.79 Å². The Balaban J connectivity index is 1.85. The van der Waals surface area contributed by atoms with Crippen molar-refractivity contribution in [2.24, 2.45) is 5.92 Å². The predicted molar refractivity (Wildman–Crippen MR) is 115 cm³/mol. The van der Waals surface area contributed by atoms with Crippen LogP contribution in [-0.2, 0) is 32.2 Å². The third kappa shape index (κ3) is 9.32. The predicted octanol–water partition coefficient (Wildman–Crippen LogP) is 3.98. The normalized spacial score (nSPS) is 12.5. The topological polar surface area (TPSA) is 97.6 Å². The summed E-state index contributed by atoms with van der Waals surface area (Å²) in [6, 6.07) is 19.8. The van der Waals surface area contributed by atoms with Crippen molar-refractivity contribution < 1.29 is 23.8 Å². The molecule has 1 amide bonds. The second-order valence-electron chi connectivity index (χ2n) is 7.45. The van der Waals surface area contributed by atoms with E-state index in [4.69, 9.17) is 14.2 Å². The van der Waals surface area contributed by atoms with Crippen LogP contribution in [0.1, 0.15) is 31.4 Å². The minimum absolute atomic E-state index is 0.0178. The van der Waals surface area contributed by atoms with Crippen LogP contribution in [0.15, 0.2) is 60.7 Å². The quantitative estimate of drug-likeness (QED) is 0.548. The highest BCUT2D eigenvalue weighted by Crippen LogP contribution is 2.11. The zero-order chi connectivity index (χ0) is 22.5. The standard InChI is InChI=1S/C24H28N2O5/c1-18(2)13-22(31-24(28)30-16-20-11-7-4-8-12-20)23(27)26-21(14-25)17-29-15-19-9-5-3-6-10-19/h3-12,18,21-22H,13,15-17H2,1-2H3,(H,26,27)/t21-,22+/m1/s1. The van der Waals surface area contributed by atoms with E-state index in [0.717, 1.165) is 11.1 Å². The Morgan fingerprint density at radius 1 is 0.968 bits per heavy atom. The fourth-order valence-corrected chi connectivity index (χ4v) is 2.75. The third-order valence-electron chi connectivity index (χ3n) is 4.28. The first-order chi connectivity index (χ1) is 15.0. The van der Waals surface area contributed by atoms with Crippen molar-refractivity contribution in [3.63, 3.8) is 0 Å². The molecule has 0 bridgehead atoms. The molecular weight excluding hydrogens is 396 g/mol. The Morgan fingerprint density at radius 3 is 2.10 bits per heavy atom. The maximum absolute atomic E-state index is 12.6. The van der Waals surface area contributed by atoms with Crippen molar-refractivity contribution in [1.29, 1.82) is 5.26 Å². The number of amides is 1. The van der Waals surface area contributed by atoms with E-state index in [9.17, 15) is 14.9 Å². The molecule has 0 saturated carbocycles. The van der Waals surface area contributed by atoms with Gasteiger partial charge in [-0.1, -0.05) is 74.5 Å². The number of nitriles is 1. The molecular formula is C24H28N2O5. The summed E-state index contributed by atoms with van der Waals surface area (Å²) in [5.74, 6) is -0.465. The Kier molecular flexibility index (Phi) is 10.1. The smallest absolute Gasteiger partial charge is 0.429 e. The van der Waals surface area contributed by atoms with Crippen LogP contribution in [-0.4, -0.2) is 30.8 Å². The van der Waals surface area contributed by atoms with E-state index in [1.807, 2.05) is 80.6 Å². The highest BCUT2D eigenvalue weighted by molar-refractivity contribution is 5.83. The summed E-state index contributed by atoms with van der Waals surface area (Å²) in [5.41, 5.74) is 1.78. The molecule has 0 saturated heterocycles. The van der Waals surface area contributed by atoms with Crippen LogP contribution < -0.4 is 5.32 Å². The molecule has 2 aromatic rings. The van der Waals surface area contributed by atoms with Gasteiger partial charge in [-0.15, -0.1) is 0 Å². The number of benzene rings is 2. The number of nitrogens with zero attached hydrogens (tertiary/aromatic N) is 1. The Labute approximate surface area is 182 Å². The van der Waals surface area contributed by atoms with E-state index < -0.39 is 24.2 Å². The highest BCUT2D eigenvalue weighted by atomic mass is 16.7. The lowest BCUT2D eigenvalue weighted by atomic mass is 10.1. The summed E-state index contributed by atoms with van der Waals surface area (Å²) in [5, 5.41) is 11.9. The molecule has 0 unspecified atom stereocenters. The molecule has 2 aromatic carbocycles. The molecule has 1 N–H and O–H groups in total. The summed E-state index contributed by atoms with van der Waals surface area (Å²) in [7, 11) is 0. The minimum Gasteiger partial charge on any atom is -0.429 e. The van der Waals surface area contributed by atoms with Crippen molar-refractivity contribution >= 4 is 12.1 Å². The van der Waals surface area contributed by atoms with E-state index in [0.29, 0.717) is 13.0 Å². The average Bonchev–Trinajstić information content (AvgIpc) is 2.77. The summed E-state index contributed by atoms with van der Waals surface area (Å²) in [4.78, 5) is 24.7. The molecule has 2 rings (SSSR count). The molecule has 7 heteroatoms. The maximum Gasteiger partial charge on any atom is 0.509 e. The molecule has 0 spiro atoms. The van der Waals surface area contributed by atoms with Gasteiger partial charge in [0.15, 0.2) is 6.10 Å². The monoisotopic (exact) mass is 424 g/mol. The van der Waals surface area contributed by atoms with Gasteiger partial charge in [0, 0.05) is 0 Å². The van der Waals surface area contributed by atoms with Crippen LogP contribution in [0, 0.1) is 17.2 Å². The molecule has 31 heavy (non-hydrogen) atoms. The Morgan fingerprint density at radius 2 is 1.55 bits per heavy atom. The van der Waals surface area contributed by atoms with Gasteiger partial charge in [0.2, 0.25) is 0 Å². The SMILES string of the molecule is CC(C)C[C@H](OC(=O)OCc1ccccc1)C(=O)N[C@H](C#N)COCc1ccccc1. The zero-order valence-corrected chi connectivity index (χ0v) is 17.8. The number of carbonyl (C=O) groups is 2. The molecule has 2 atom stereocenters. The lowest BCUT2D eigenvalue weighted by Crippen LogP contribution is -2.45. The van der Waals surface area contributed by atoms with E-state index in [1.165, 1.54) is 0 Å². The van der Waals surface area contributed by atoms with Gasteiger partial charge in [0.05, 0.1) is 19.3 Å². The van der Waals surface area contributed by atoms with Crippen molar-refractivity contribution in [2.75, 3.05) is 6.61 Å². The largest absolute Gasteiger partial charge is 0.509 e. The van der Waals surface area contributed by atoms with Crippen molar-refractivity contribution in [3.05, 3.63) is 71.8 Å². The number of ether oxygens (including phenoxy) is 3. The third-order valence-corrected chi connectivity index (χ3v) is 4.28. The molecule has 0 aliphatic heterocycles. The molecule has 0 aromatic heterocycles. The Hall–Kier alpha value is -3.37. The van der Waals surface area contributed by atoms with Gasteiger partial charge in [0.1, 0.15) is 12.6 Å². The molecule has 0 fully saturated rings. The van der Waals surface area contributed by atoms with Crippen molar-refractivity contribution in [1.82, 2.24) is 5.32 Å². The fourth-order valence-electron chi connectivity index (χ4n) is 2.75. The molecule has 0 heterocycles. The lowest BCUT2D eigenvalue weighted by Gasteiger charge is -2.20. The number of nitrogens with one attached hydrogen (secondary N) is 1. The van der Waals surface area contributed by atoms with E-state index in [2.05, 4.69) is 5.32 Å². The van der Waals surface area contributed by atoms with Gasteiger partial charge in [-0.3, -0.25) is 4.79 Å². The van der Waals surface area contributed by atoms with Crippen molar-refractivity contribution in [2.45, 2.75) is 45.6 Å². The minimum atomic E-state index is -1.06. The first-order valence-corrected chi connectivity index (χ1v) is 10.2. The maximum atomic E-state index is 12.6. The highest BCUT2D eigenvalue weighted by Gasteiger charge is 2.27. The van der Waals surface area contributed by atoms with Gasteiger partial charge < -0.3 is 19.5 Å².